The van der Waals surface area contributed by atoms with Crippen LogP contribution in [0.4, 0.5) is 5.69 Å². The Morgan fingerprint density at radius 1 is 1.39 bits per heavy atom. The zero-order valence-electron chi connectivity index (χ0n) is 11.0. The van der Waals surface area contributed by atoms with E-state index in [1.54, 1.807) is 0 Å². The third-order valence-corrected chi connectivity index (χ3v) is 4.74. The van der Waals surface area contributed by atoms with Crippen LogP contribution in [0.2, 0.25) is 0 Å². The van der Waals surface area contributed by atoms with Gasteiger partial charge in [-0.05, 0) is 43.9 Å². The van der Waals surface area contributed by atoms with Gasteiger partial charge in [0.2, 0.25) is 0 Å². The van der Waals surface area contributed by atoms with E-state index in [1.807, 2.05) is 0 Å². The fraction of sp³-hybridized carbons (Fsp3) is 0.600. The molecule has 98 valence electrons. The number of hydrogen-bond donors (Lipinski definition) is 2. The van der Waals surface area contributed by atoms with Crippen LogP contribution in [0.3, 0.4) is 0 Å². The summed E-state index contributed by atoms with van der Waals surface area (Å²) < 4.78 is 0. The quantitative estimate of drug-likeness (QED) is 0.854. The number of nitrogens with zero attached hydrogens (tertiary/aromatic N) is 1. The average molecular weight is 246 g/mol. The van der Waals surface area contributed by atoms with Crippen molar-refractivity contribution in [1.29, 1.82) is 0 Å². The lowest BCUT2D eigenvalue weighted by Gasteiger charge is -2.43. The minimum Gasteiger partial charge on any atom is -0.394 e. The summed E-state index contributed by atoms with van der Waals surface area (Å²) in [6.07, 6.45) is 2.25. The third kappa shape index (κ3) is 1.91. The molecule has 1 aromatic rings. The van der Waals surface area contributed by atoms with Crippen molar-refractivity contribution in [2.45, 2.75) is 25.3 Å². The molecule has 3 rings (SSSR count). The number of aryl methyl sites for hydroxylation is 1. The Balaban J connectivity index is 1.86. The zero-order valence-corrected chi connectivity index (χ0v) is 11.0. The van der Waals surface area contributed by atoms with E-state index >= 15 is 0 Å². The summed E-state index contributed by atoms with van der Waals surface area (Å²) >= 11 is 0. The Labute approximate surface area is 109 Å². The lowest BCUT2D eigenvalue weighted by atomic mass is 9.79. The molecule has 0 saturated carbocycles. The van der Waals surface area contributed by atoms with Gasteiger partial charge in [0.25, 0.3) is 0 Å². The highest BCUT2D eigenvalue weighted by atomic mass is 16.3. The van der Waals surface area contributed by atoms with Crippen molar-refractivity contribution in [3.8, 4) is 0 Å². The zero-order chi connectivity index (χ0) is 12.6. The van der Waals surface area contributed by atoms with Crippen LogP contribution in [0.5, 0.6) is 0 Å². The Morgan fingerprint density at radius 3 is 3.00 bits per heavy atom. The fourth-order valence-corrected chi connectivity index (χ4v) is 3.44. The first-order valence-corrected chi connectivity index (χ1v) is 6.90. The second kappa shape index (κ2) is 4.56. The fourth-order valence-electron chi connectivity index (χ4n) is 3.44. The normalized spacial score (nSPS) is 34.6. The van der Waals surface area contributed by atoms with Crippen LogP contribution < -0.4 is 5.32 Å². The molecule has 0 radical (unpaired) electrons. The standard InChI is InChI=1S/C15H22N2O/c1-12-4-2-3-5-14(12)16-15(11-18)7-9-17-8-6-13(15)10-17/h2-5,13,16,18H,6-11H2,1H3. The molecule has 2 fully saturated rings. The van der Waals surface area contributed by atoms with Gasteiger partial charge in [-0.25, -0.2) is 0 Å². The average Bonchev–Trinajstić information content (AvgIpc) is 2.80. The van der Waals surface area contributed by atoms with Gasteiger partial charge in [-0.3, -0.25) is 0 Å². The highest BCUT2D eigenvalue weighted by Crippen LogP contribution is 2.38. The topological polar surface area (TPSA) is 35.5 Å². The van der Waals surface area contributed by atoms with Gasteiger partial charge < -0.3 is 15.3 Å². The van der Waals surface area contributed by atoms with E-state index in [1.165, 1.54) is 24.2 Å². The molecule has 2 N–H and O–H groups in total. The number of aliphatic hydroxyl groups is 1. The monoisotopic (exact) mass is 246 g/mol. The van der Waals surface area contributed by atoms with Gasteiger partial charge in [0, 0.05) is 18.8 Å². The molecule has 3 unspecified atom stereocenters. The van der Waals surface area contributed by atoms with Crippen LogP contribution >= 0.6 is 0 Å². The smallest absolute Gasteiger partial charge is 0.0665 e. The van der Waals surface area contributed by atoms with Gasteiger partial charge in [0.05, 0.1) is 12.1 Å². The first-order valence-electron chi connectivity index (χ1n) is 6.90. The van der Waals surface area contributed by atoms with Crippen molar-refractivity contribution in [1.82, 2.24) is 4.90 Å². The van der Waals surface area contributed by atoms with E-state index in [0.29, 0.717) is 5.92 Å². The second-order valence-electron chi connectivity index (χ2n) is 5.79. The van der Waals surface area contributed by atoms with Crippen molar-refractivity contribution >= 4 is 5.69 Å². The third-order valence-electron chi connectivity index (χ3n) is 4.74. The number of nitrogens with one attached hydrogen (secondary N) is 1. The summed E-state index contributed by atoms with van der Waals surface area (Å²) in [6, 6.07) is 8.36. The molecule has 0 amide bonds. The number of piperidine rings is 1. The highest BCUT2D eigenvalue weighted by Gasteiger charge is 2.45. The van der Waals surface area contributed by atoms with E-state index < -0.39 is 0 Å². The maximum atomic E-state index is 9.93. The summed E-state index contributed by atoms with van der Waals surface area (Å²) in [5, 5.41) is 13.6. The second-order valence-corrected chi connectivity index (χ2v) is 5.79. The van der Waals surface area contributed by atoms with Crippen molar-refractivity contribution < 1.29 is 5.11 Å². The predicted octanol–water partition coefficient (Wildman–Crippen LogP) is 1.86. The first-order chi connectivity index (χ1) is 8.73. The molecular formula is C15H22N2O. The summed E-state index contributed by atoms with van der Waals surface area (Å²) in [7, 11) is 0. The lowest BCUT2D eigenvalue weighted by Crippen LogP contribution is -2.54. The van der Waals surface area contributed by atoms with Crippen LogP contribution in [0, 0.1) is 12.8 Å². The van der Waals surface area contributed by atoms with E-state index in [0.717, 1.165) is 19.5 Å². The lowest BCUT2D eigenvalue weighted by molar-refractivity contribution is 0.112. The highest BCUT2D eigenvalue weighted by molar-refractivity contribution is 5.52. The van der Waals surface area contributed by atoms with Crippen molar-refractivity contribution in [2.24, 2.45) is 5.92 Å². The van der Waals surface area contributed by atoms with Crippen LogP contribution in [0.15, 0.2) is 24.3 Å². The first kappa shape index (κ1) is 12.0. The molecule has 2 aliphatic heterocycles. The van der Waals surface area contributed by atoms with Crippen molar-refractivity contribution in [3.63, 3.8) is 0 Å². The van der Waals surface area contributed by atoms with Gasteiger partial charge in [0.15, 0.2) is 0 Å². The number of fused-ring (bicyclic) bond motifs is 2. The molecule has 0 aromatic heterocycles. The molecule has 2 bridgehead atoms. The largest absolute Gasteiger partial charge is 0.394 e. The van der Waals surface area contributed by atoms with Gasteiger partial charge in [-0.1, -0.05) is 18.2 Å². The minimum absolute atomic E-state index is 0.112. The molecule has 3 atom stereocenters. The Hall–Kier alpha value is -1.06. The van der Waals surface area contributed by atoms with Crippen LogP contribution in [-0.2, 0) is 0 Å². The maximum Gasteiger partial charge on any atom is 0.0665 e. The summed E-state index contributed by atoms with van der Waals surface area (Å²) in [6.45, 7) is 5.80. The molecule has 3 heteroatoms. The molecule has 0 spiro atoms. The number of aliphatic hydroxyl groups excluding tert-OH is 1. The number of anilines is 1. The van der Waals surface area contributed by atoms with Crippen LogP contribution in [-0.4, -0.2) is 41.8 Å². The SMILES string of the molecule is Cc1ccccc1NC1(CO)CCN2CCC1C2. The van der Waals surface area contributed by atoms with Gasteiger partial charge in [-0.15, -0.1) is 0 Å². The number of benzene rings is 1. The maximum absolute atomic E-state index is 9.93. The number of rotatable bonds is 3. The van der Waals surface area contributed by atoms with Crippen LogP contribution in [0.1, 0.15) is 18.4 Å². The molecule has 18 heavy (non-hydrogen) atoms. The van der Waals surface area contributed by atoms with E-state index in [-0.39, 0.29) is 12.1 Å². The molecule has 2 aliphatic rings. The Morgan fingerprint density at radius 2 is 2.22 bits per heavy atom. The molecule has 3 nitrogen and oxygen atoms in total. The van der Waals surface area contributed by atoms with E-state index in [9.17, 15) is 5.11 Å². The Kier molecular flexibility index (Phi) is 3.04. The summed E-state index contributed by atoms with van der Waals surface area (Å²) in [5.74, 6) is 0.579. The molecule has 0 aliphatic carbocycles. The Bertz CT molecular complexity index is 434. The van der Waals surface area contributed by atoms with Crippen molar-refractivity contribution in [3.05, 3.63) is 29.8 Å². The minimum atomic E-state index is -0.112. The number of para-hydroxylation sites is 1. The summed E-state index contributed by atoms with van der Waals surface area (Å²) in [4.78, 5) is 2.51. The molecule has 1 aromatic carbocycles. The molecular weight excluding hydrogens is 224 g/mol. The molecule has 2 heterocycles. The van der Waals surface area contributed by atoms with E-state index in [4.69, 9.17) is 0 Å². The molecule has 2 saturated heterocycles. The van der Waals surface area contributed by atoms with Gasteiger partial charge >= 0.3 is 0 Å². The van der Waals surface area contributed by atoms with E-state index in [2.05, 4.69) is 41.4 Å². The predicted molar refractivity (Wildman–Crippen MR) is 73.8 cm³/mol. The van der Waals surface area contributed by atoms with Crippen LogP contribution in [0.25, 0.3) is 0 Å². The van der Waals surface area contributed by atoms with Gasteiger partial charge in [-0.2, -0.15) is 0 Å². The van der Waals surface area contributed by atoms with Gasteiger partial charge in [0.1, 0.15) is 0 Å². The van der Waals surface area contributed by atoms with Crippen molar-refractivity contribution in [2.75, 3.05) is 31.6 Å². The number of hydrogen-bond acceptors (Lipinski definition) is 3. The summed E-state index contributed by atoms with van der Waals surface area (Å²) in [5.41, 5.74) is 2.32.